The molecule has 0 bridgehead atoms. The average molecular weight is 359 g/mol. The quantitative estimate of drug-likeness (QED) is 0.487. The maximum absolute atomic E-state index is 13.9. The van der Waals surface area contributed by atoms with E-state index in [9.17, 15) is 13.2 Å². The summed E-state index contributed by atoms with van der Waals surface area (Å²) in [5.74, 6) is 3.81. The first-order valence-electron chi connectivity index (χ1n) is 6.34. The molecule has 1 atom stereocenters. The van der Waals surface area contributed by atoms with Gasteiger partial charge < -0.3 is 0 Å². The number of nitrogens with two attached hydrogens (primary N) is 1. The fourth-order valence-electron chi connectivity index (χ4n) is 2.14. The molecule has 0 radical (unpaired) electrons. The van der Waals surface area contributed by atoms with Crippen LogP contribution in [0.2, 0.25) is 0 Å². The second kappa shape index (κ2) is 7.06. The molecule has 112 valence electrons. The van der Waals surface area contributed by atoms with Crippen LogP contribution in [0.5, 0.6) is 0 Å². The van der Waals surface area contributed by atoms with E-state index in [2.05, 4.69) is 21.4 Å². The van der Waals surface area contributed by atoms with E-state index in [1.807, 2.05) is 0 Å². The Morgan fingerprint density at radius 3 is 2.52 bits per heavy atom. The van der Waals surface area contributed by atoms with E-state index in [1.54, 1.807) is 12.1 Å². The molecule has 21 heavy (non-hydrogen) atoms. The molecule has 2 nitrogen and oxygen atoms in total. The van der Waals surface area contributed by atoms with Crippen molar-refractivity contribution < 1.29 is 13.2 Å². The van der Waals surface area contributed by atoms with Gasteiger partial charge in [0.05, 0.1) is 4.47 Å². The van der Waals surface area contributed by atoms with E-state index < -0.39 is 17.7 Å². The number of halogens is 4. The third-order valence-electron chi connectivity index (χ3n) is 3.20. The third-order valence-corrected chi connectivity index (χ3v) is 3.81. The zero-order valence-corrected chi connectivity index (χ0v) is 12.6. The van der Waals surface area contributed by atoms with Gasteiger partial charge in [-0.3, -0.25) is 11.3 Å². The first-order chi connectivity index (χ1) is 10.0. The lowest BCUT2D eigenvalue weighted by Gasteiger charge is -2.17. The van der Waals surface area contributed by atoms with Gasteiger partial charge in [0.1, 0.15) is 17.5 Å². The van der Waals surface area contributed by atoms with Crippen LogP contribution < -0.4 is 11.3 Å². The van der Waals surface area contributed by atoms with Crippen molar-refractivity contribution in [3.63, 3.8) is 0 Å². The Morgan fingerprint density at radius 1 is 1.10 bits per heavy atom. The summed E-state index contributed by atoms with van der Waals surface area (Å²) in [6.07, 6.45) is 0.420. The maximum Gasteiger partial charge on any atom is 0.143 e. The van der Waals surface area contributed by atoms with Crippen molar-refractivity contribution >= 4 is 15.9 Å². The van der Waals surface area contributed by atoms with Gasteiger partial charge in [0.15, 0.2) is 0 Å². The summed E-state index contributed by atoms with van der Waals surface area (Å²) in [5.41, 5.74) is 3.17. The second-order valence-electron chi connectivity index (χ2n) is 4.72. The van der Waals surface area contributed by atoms with Gasteiger partial charge in [0.2, 0.25) is 0 Å². The number of nitrogens with one attached hydrogen (secondary N) is 1. The maximum atomic E-state index is 13.9. The molecule has 6 heteroatoms. The van der Waals surface area contributed by atoms with Crippen molar-refractivity contribution in [3.8, 4) is 0 Å². The van der Waals surface area contributed by atoms with Crippen LogP contribution in [0.15, 0.2) is 40.9 Å². The van der Waals surface area contributed by atoms with Gasteiger partial charge in [0.25, 0.3) is 0 Å². The van der Waals surface area contributed by atoms with E-state index in [4.69, 9.17) is 5.84 Å². The SMILES string of the molecule is NNC(Cc1cccc(F)c1)Cc1c(F)ccc(Br)c1F. The van der Waals surface area contributed by atoms with Gasteiger partial charge in [-0.2, -0.15) is 0 Å². The first-order valence-corrected chi connectivity index (χ1v) is 7.13. The highest BCUT2D eigenvalue weighted by Gasteiger charge is 2.17. The molecule has 0 spiro atoms. The summed E-state index contributed by atoms with van der Waals surface area (Å²) in [6, 6.07) is 8.12. The first kappa shape index (κ1) is 16.0. The molecule has 2 aromatic rings. The fraction of sp³-hybridized carbons (Fsp3) is 0.200. The summed E-state index contributed by atoms with van der Waals surface area (Å²) in [6.45, 7) is 0. The van der Waals surface area contributed by atoms with Crippen LogP contribution in [-0.4, -0.2) is 6.04 Å². The molecule has 0 amide bonds. The monoisotopic (exact) mass is 358 g/mol. The second-order valence-corrected chi connectivity index (χ2v) is 5.58. The van der Waals surface area contributed by atoms with Gasteiger partial charge in [-0.1, -0.05) is 12.1 Å². The highest BCUT2D eigenvalue weighted by Crippen LogP contribution is 2.23. The average Bonchev–Trinajstić information content (AvgIpc) is 2.46. The van der Waals surface area contributed by atoms with Crippen molar-refractivity contribution in [2.24, 2.45) is 5.84 Å². The van der Waals surface area contributed by atoms with E-state index in [0.717, 1.165) is 0 Å². The van der Waals surface area contributed by atoms with Gasteiger partial charge in [0, 0.05) is 11.6 Å². The zero-order chi connectivity index (χ0) is 15.4. The van der Waals surface area contributed by atoms with E-state index in [-0.39, 0.29) is 22.3 Å². The smallest absolute Gasteiger partial charge is 0.143 e. The van der Waals surface area contributed by atoms with Gasteiger partial charge >= 0.3 is 0 Å². The number of rotatable bonds is 5. The predicted octanol–water partition coefficient (Wildman–Crippen LogP) is 3.48. The molecule has 2 rings (SSSR count). The van der Waals surface area contributed by atoms with Crippen LogP contribution in [0.25, 0.3) is 0 Å². The normalized spacial score (nSPS) is 12.4. The predicted molar refractivity (Wildman–Crippen MR) is 79.0 cm³/mol. The van der Waals surface area contributed by atoms with Crippen LogP contribution >= 0.6 is 15.9 Å². The van der Waals surface area contributed by atoms with Crippen molar-refractivity contribution in [2.45, 2.75) is 18.9 Å². The summed E-state index contributed by atoms with van der Waals surface area (Å²) >= 11 is 3.03. The molecule has 1 unspecified atom stereocenters. The number of hydrogen-bond donors (Lipinski definition) is 2. The molecule has 0 aliphatic carbocycles. The number of benzene rings is 2. The lowest BCUT2D eigenvalue weighted by atomic mass is 9.98. The molecule has 0 saturated heterocycles. The molecule has 0 heterocycles. The molecule has 0 fully saturated rings. The molecule has 0 saturated carbocycles. The number of hydrazine groups is 1. The minimum Gasteiger partial charge on any atom is -0.271 e. The van der Waals surface area contributed by atoms with Crippen LogP contribution in [0.1, 0.15) is 11.1 Å². The zero-order valence-electron chi connectivity index (χ0n) is 11.0. The molecule has 2 aromatic carbocycles. The van der Waals surface area contributed by atoms with E-state index in [1.165, 1.54) is 24.3 Å². The Morgan fingerprint density at radius 2 is 1.86 bits per heavy atom. The van der Waals surface area contributed by atoms with Gasteiger partial charge in [-0.15, -0.1) is 0 Å². The Hall–Kier alpha value is -1.37. The third kappa shape index (κ3) is 4.06. The molecule has 3 N–H and O–H groups in total. The topological polar surface area (TPSA) is 38.0 Å². The van der Waals surface area contributed by atoms with Crippen LogP contribution in [0, 0.1) is 17.5 Å². The molecule has 0 aromatic heterocycles. The molecule has 0 aliphatic rings. The Labute approximate surface area is 129 Å². The van der Waals surface area contributed by atoms with Crippen molar-refractivity contribution in [1.82, 2.24) is 5.43 Å². The lowest BCUT2D eigenvalue weighted by Crippen LogP contribution is -2.39. The van der Waals surface area contributed by atoms with Gasteiger partial charge in [-0.05, 0) is 58.6 Å². The van der Waals surface area contributed by atoms with E-state index >= 15 is 0 Å². The van der Waals surface area contributed by atoms with Crippen molar-refractivity contribution in [2.75, 3.05) is 0 Å². The van der Waals surface area contributed by atoms with Gasteiger partial charge in [-0.25, -0.2) is 13.2 Å². The highest BCUT2D eigenvalue weighted by molar-refractivity contribution is 9.10. The summed E-state index contributed by atoms with van der Waals surface area (Å²) < 4.78 is 41.0. The summed E-state index contributed by atoms with van der Waals surface area (Å²) in [7, 11) is 0. The Kier molecular flexibility index (Phi) is 5.39. The van der Waals surface area contributed by atoms with Crippen LogP contribution in [-0.2, 0) is 12.8 Å². The Balaban J connectivity index is 2.18. The molecule has 0 aliphatic heterocycles. The number of hydrogen-bond acceptors (Lipinski definition) is 2. The van der Waals surface area contributed by atoms with Crippen molar-refractivity contribution in [3.05, 3.63) is 69.4 Å². The fourth-order valence-corrected chi connectivity index (χ4v) is 2.51. The highest BCUT2D eigenvalue weighted by atomic mass is 79.9. The van der Waals surface area contributed by atoms with Crippen LogP contribution in [0.4, 0.5) is 13.2 Å². The minimum absolute atomic E-state index is 0.0521. The minimum atomic E-state index is -0.644. The summed E-state index contributed by atoms with van der Waals surface area (Å²) in [4.78, 5) is 0. The Bertz CT molecular complexity index is 634. The largest absolute Gasteiger partial charge is 0.271 e. The molecular formula is C15H14BrF3N2. The van der Waals surface area contributed by atoms with Crippen LogP contribution in [0.3, 0.4) is 0 Å². The lowest BCUT2D eigenvalue weighted by molar-refractivity contribution is 0.482. The van der Waals surface area contributed by atoms with E-state index in [0.29, 0.717) is 12.0 Å². The summed E-state index contributed by atoms with van der Waals surface area (Å²) in [5, 5.41) is 0. The molecular weight excluding hydrogens is 345 g/mol. The standard InChI is InChI=1S/C15H14BrF3N2/c16-13-4-5-14(18)12(15(13)19)8-11(21-20)7-9-2-1-3-10(17)6-9/h1-6,11,21H,7-8,20H2. The van der Waals surface area contributed by atoms with Crippen molar-refractivity contribution in [1.29, 1.82) is 0 Å².